The standard InChI is InChI=1S/C34H41Cl3N4O4S/c1-2-3-4-5-6-7-8-9-10-11-19-45-29-17-15-25(16-18-29)24-46(43,44)40-28-14-12-13-27(22-28)38-32-23-33(42)41(39-32)34-30(36)20-26(35)21-31(34)37/h12-18,20-23,38-40H,2-11,19,24H2,1H3. The van der Waals surface area contributed by atoms with Crippen LogP contribution in [0.3, 0.4) is 0 Å². The fourth-order valence-corrected chi connectivity index (χ4v) is 7.26. The second kappa shape index (κ2) is 17.7. The van der Waals surface area contributed by atoms with Gasteiger partial charge in [-0.2, -0.15) is 0 Å². The maximum atomic E-state index is 13.0. The van der Waals surface area contributed by atoms with Crippen molar-refractivity contribution in [1.29, 1.82) is 0 Å². The van der Waals surface area contributed by atoms with Crippen LogP contribution in [0.5, 0.6) is 5.75 Å². The van der Waals surface area contributed by atoms with Crippen LogP contribution in [0.4, 0.5) is 17.2 Å². The van der Waals surface area contributed by atoms with Crippen LogP contribution in [0.2, 0.25) is 15.1 Å². The number of hydrogen-bond donors (Lipinski definition) is 3. The second-order valence-corrected chi connectivity index (χ2v) is 14.3. The normalized spacial score (nSPS) is 11.5. The summed E-state index contributed by atoms with van der Waals surface area (Å²) in [4.78, 5) is 12.7. The van der Waals surface area contributed by atoms with Crippen molar-refractivity contribution in [1.82, 2.24) is 9.78 Å². The van der Waals surface area contributed by atoms with E-state index in [-0.39, 0.29) is 21.5 Å². The van der Waals surface area contributed by atoms with Crippen molar-refractivity contribution < 1.29 is 13.2 Å². The molecule has 0 spiro atoms. The number of halogens is 3. The summed E-state index contributed by atoms with van der Waals surface area (Å²) in [6, 6.07) is 18.2. The lowest BCUT2D eigenvalue weighted by molar-refractivity contribution is 0.304. The molecule has 3 N–H and O–H groups in total. The van der Waals surface area contributed by atoms with Gasteiger partial charge >= 0.3 is 0 Å². The quantitative estimate of drug-likeness (QED) is 0.0842. The Balaban J connectivity index is 1.24. The number of nitrogens with one attached hydrogen (secondary N) is 3. The Morgan fingerprint density at radius 1 is 0.783 bits per heavy atom. The minimum Gasteiger partial charge on any atom is -0.494 e. The number of hydrogen-bond acceptors (Lipinski definition) is 5. The number of aromatic amines is 1. The Morgan fingerprint density at radius 3 is 2.04 bits per heavy atom. The van der Waals surface area contributed by atoms with E-state index in [1.807, 2.05) is 12.1 Å². The van der Waals surface area contributed by atoms with Crippen molar-refractivity contribution in [2.45, 2.75) is 76.9 Å². The van der Waals surface area contributed by atoms with Crippen LogP contribution in [0.1, 0.15) is 76.7 Å². The Labute approximate surface area is 286 Å². The summed E-state index contributed by atoms with van der Waals surface area (Å²) >= 11 is 18.5. The van der Waals surface area contributed by atoms with E-state index < -0.39 is 15.6 Å². The highest BCUT2D eigenvalue weighted by Gasteiger charge is 2.15. The molecule has 1 heterocycles. The summed E-state index contributed by atoms with van der Waals surface area (Å²) in [5.74, 6) is 0.890. The molecule has 3 aromatic carbocycles. The van der Waals surface area contributed by atoms with Crippen LogP contribution in [-0.4, -0.2) is 24.8 Å². The van der Waals surface area contributed by atoms with Gasteiger partial charge in [-0.3, -0.25) is 14.6 Å². The van der Waals surface area contributed by atoms with Gasteiger partial charge in [-0.25, -0.2) is 13.1 Å². The molecule has 46 heavy (non-hydrogen) atoms. The lowest BCUT2D eigenvalue weighted by atomic mass is 10.1. The molecule has 4 aromatic rings. The smallest absolute Gasteiger partial charge is 0.273 e. The van der Waals surface area contributed by atoms with Crippen molar-refractivity contribution in [3.63, 3.8) is 0 Å². The number of H-pyrrole nitrogens is 1. The highest BCUT2D eigenvalue weighted by molar-refractivity contribution is 7.91. The van der Waals surface area contributed by atoms with Crippen molar-refractivity contribution in [2.75, 3.05) is 16.6 Å². The van der Waals surface area contributed by atoms with Gasteiger partial charge in [0.2, 0.25) is 10.0 Å². The Hall–Kier alpha value is -3.11. The number of benzene rings is 3. The molecule has 0 radical (unpaired) electrons. The Kier molecular flexibility index (Phi) is 13.8. The monoisotopic (exact) mass is 706 g/mol. The van der Waals surface area contributed by atoms with Gasteiger partial charge in [-0.1, -0.05) is 118 Å². The average molecular weight is 708 g/mol. The molecule has 0 aliphatic heterocycles. The van der Waals surface area contributed by atoms with Crippen LogP contribution >= 0.6 is 34.8 Å². The Morgan fingerprint density at radius 2 is 1.39 bits per heavy atom. The molecule has 0 aliphatic rings. The number of unbranched alkanes of at least 4 members (excludes halogenated alkanes) is 9. The molecule has 0 atom stereocenters. The number of rotatable bonds is 19. The van der Waals surface area contributed by atoms with E-state index in [0.29, 0.717) is 34.4 Å². The van der Waals surface area contributed by atoms with Gasteiger partial charge in [0.25, 0.3) is 5.56 Å². The highest BCUT2D eigenvalue weighted by Crippen LogP contribution is 2.31. The molecule has 12 heteroatoms. The molecule has 8 nitrogen and oxygen atoms in total. The predicted octanol–water partition coefficient (Wildman–Crippen LogP) is 10.1. The van der Waals surface area contributed by atoms with Crippen LogP contribution < -0.4 is 20.3 Å². The summed E-state index contributed by atoms with van der Waals surface area (Å²) in [6.45, 7) is 2.90. The lowest BCUT2D eigenvalue weighted by Gasteiger charge is -2.11. The second-order valence-electron chi connectivity index (χ2n) is 11.3. The summed E-state index contributed by atoms with van der Waals surface area (Å²) in [7, 11) is -3.70. The summed E-state index contributed by atoms with van der Waals surface area (Å²) in [6.07, 6.45) is 12.7. The third-order valence-corrected chi connectivity index (χ3v) is 9.44. The minimum atomic E-state index is -3.70. The first kappa shape index (κ1) is 35.7. The van der Waals surface area contributed by atoms with Gasteiger partial charge in [0.1, 0.15) is 17.3 Å². The number of sulfonamides is 1. The SMILES string of the molecule is CCCCCCCCCCCCOc1ccc(CS(=O)(=O)Nc2cccc(Nc3cc(=O)n(-c4c(Cl)cc(Cl)cc4Cl)[nH]3)c2)cc1. The van der Waals surface area contributed by atoms with E-state index >= 15 is 0 Å². The van der Waals surface area contributed by atoms with Crippen LogP contribution in [0.25, 0.3) is 5.69 Å². The van der Waals surface area contributed by atoms with Crippen LogP contribution in [0, 0.1) is 0 Å². The molecule has 0 saturated heterocycles. The molecule has 0 fully saturated rings. The maximum Gasteiger partial charge on any atom is 0.273 e. The van der Waals surface area contributed by atoms with E-state index in [1.54, 1.807) is 36.4 Å². The number of ether oxygens (including phenoxy) is 1. The number of nitrogens with zero attached hydrogens (tertiary/aromatic N) is 1. The van der Waals surface area contributed by atoms with E-state index in [2.05, 4.69) is 22.1 Å². The topological polar surface area (TPSA) is 105 Å². The zero-order chi connectivity index (χ0) is 32.9. The summed E-state index contributed by atoms with van der Waals surface area (Å²) in [5, 5.41) is 6.74. The van der Waals surface area contributed by atoms with Gasteiger partial charge in [-0.05, 0) is 54.4 Å². The van der Waals surface area contributed by atoms with Crippen molar-refractivity contribution >= 4 is 62.0 Å². The molecule has 0 aliphatic carbocycles. The van der Waals surface area contributed by atoms with E-state index in [0.717, 1.165) is 18.6 Å². The van der Waals surface area contributed by atoms with Crippen LogP contribution in [-0.2, 0) is 15.8 Å². The molecule has 0 bridgehead atoms. The Bertz CT molecular complexity index is 1700. The zero-order valence-corrected chi connectivity index (χ0v) is 29.0. The molecule has 0 amide bonds. The van der Waals surface area contributed by atoms with E-state index in [9.17, 15) is 13.2 Å². The van der Waals surface area contributed by atoms with Crippen LogP contribution in [0.15, 0.2) is 71.5 Å². The van der Waals surface area contributed by atoms with Crippen molar-refractivity contribution in [3.8, 4) is 11.4 Å². The molecule has 0 unspecified atom stereocenters. The number of aromatic nitrogens is 2. The van der Waals surface area contributed by atoms with Gasteiger partial charge in [0, 0.05) is 16.8 Å². The average Bonchev–Trinajstić information content (AvgIpc) is 3.34. The first-order valence-electron chi connectivity index (χ1n) is 15.7. The van der Waals surface area contributed by atoms with Gasteiger partial charge in [-0.15, -0.1) is 0 Å². The largest absolute Gasteiger partial charge is 0.494 e. The van der Waals surface area contributed by atoms with Gasteiger partial charge in [0.15, 0.2) is 0 Å². The minimum absolute atomic E-state index is 0.192. The summed E-state index contributed by atoms with van der Waals surface area (Å²) in [5.41, 5.74) is 1.42. The van der Waals surface area contributed by atoms with Gasteiger partial charge in [0.05, 0.1) is 28.1 Å². The summed E-state index contributed by atoms with van der Waals surface area (Å²) < 4.78 is 35.6. The first-order chi connectivity index (χ1) is 22.1. The molecular formula is C34H41Cl3N4O4S. The zero-order valence-electron chi connectivity index (χ0n) is 26.0. The third kappa shape index (κ3) is 11.3. The fourth-order valence-electron chi connectivity index (χ4n) is 5.09. The molecular weight excluding hydrogens is 667 g/mol. The molecule has 248 valence electrons. The third-order valence-electron chi connectivity index (χ3n) is 7.39. The predicted molar refractivity (Wildman–Crippen MR) is 191 cm³/mol. The fraction of sp³-hybridized carbons (Fsp3) is 0.382. The maximum absolute atomic E-state index is 13.0. The molecule has 1 aromatic heterocycles. The van der Waals surface area contributed by atoms with Gasteiger partial charge < -0.3 is 10.1 Å². The number of anilines is 3. The first-order valence-corrected chi connectivity index (χ1v) is 18.5. The van der Waals surface area contributed by atoms with Crippen molar-refractivity contribution in [3.05, 3.63) is 97.7 Å². The molecule has 0 saturated carbocycles. The van der Waals surface area contributed by atoms with Crippen molar-refractivity contribution in [2.24, 2.45) is 0 Å². The lowest BCUT2D eigenvalue weighted by Crippen LogP contribution is -2.15. The molecule has 4 rings (SSSR count). The van der Waals surface area contributed by atoms with E-state index in [1.165, 1.54) is 74.2 Å². The van der Waals surface area contributed by atoms with E-state index in [4.69, 9.17) is 39.5 Å². The highest BCUT2D eigenvalue weighted by atomic mass is 35.5.